The summed E-state index contributed by atoms with van der Waals surface area (Å²) in [5, 5.41) is 3.02. The van der Waals surface area contributed by atoms with Gasteiger partial charge in [-0.1, -0.05) is 6.42 Å². The number of ether oxygens (including phenoxy) is 1. The lowest BCUT2D eigenvalue weighted by atomic mass is 9.98. The molecule has 0 radical (unpaired) electrons. The van der Waals surface area contributed by atoms with E-state index in [-0.39, 0.29) is 24.7 Å². The number of hydrogen-bond acceptors (Lipinski definition) is 6. The number of likely N-dealkylation sites (tertiary alicyclic amines) is 1. The molecule has 1 aromatic heterocycles. The van der Waals surface area contributed by atoms with Crippen LogP contribution in [0.4, 0.5) is 5.69 Å². The average Bonchev–Trinajstić information content (AvgIpc) is 3.05. The Balaban J connectivity index is 1.49. The monoisotopic (exact) mass is 440 g/mol. The lowest BCUT2D eigenvalue weighted by Crippen LogP contribution is -2.47. The third kappa shape index (κ3) is 4.51. The van der Waals surface area contributed by atoms with Gasteiger partial charge < -0.3 is 15.0 Å². The molecule has 170 valence electrons. The number of rotatable bonds is 3. The Morgan fingerprint density at radius 3 is 2.81 bits per heavy atom. The molecular formula is C23H28N4O5. The number of benzene rings is 1. The summed E-state index contributed by atoms with van der Waals surface area (Å²) < 4.78 is 6.77. The van der Waals surface area contributed by atoms with E-state index in [1.807, 2.05) is 0 Å². The Hall–Kier alpha value is -3.23. The first-order valence-corrected chi connectivity index (χ1v) is 11.3. The van der Waals surface area contributed by atoms with E-state index in [9.17, 15) is 19.2 Å². The molecule has 2 aliphatic heterocycles. The number of hydrogen-bond donors (Lipinski definition) is 1. The second-order valence-electron chi connectivity index (χ2n) is 8.32. The van der Waals surface area contributed by atoms with Crippen LogP contribution in [0.5, 0.6) is 0 Å². The molecule has 0 saturated carbocycles. The zero-order valence-electron chi connectivity index (χ0n) is 18.3. The van der Waals surface area contributed by atoms with Crippen molar-refractivity contribution in [2.75, 3.05) is 25.0 Å². The van der Waals surface area contributed by atoms with E-state index in [2.05, 4.69) is 10.3 Å². The normalized spacial score (nSPS) is 18.5. The minimum Gasteiger partial charge on any atom is -0.466 e. The SMILES string of the molecule is CCOC(=O)[C@@H]1CCCN(C(=O)C(=O)Nc2ccc3nc4n(c(=O)c3c2)CCCCC4)C1. The van der Waals surface area contributed by atoms with Crippen LogP contribution < -0.4 is 10.9 Å². The van der Waals surface area contributed by atoms with Crippen LogP contribution >= 0.6 is 0 Å². The van der Waals surface area contributed by atoms with Crippen molar-refractivity contribution in [2.24, 2.45) is 5.92 Å². The topological polar surface area (TPSA) is 111 Å². The van der Waals surface area contributed by atoms with E-state index in [4.69, 9.17) is 4.74 Å². The third-order valence-corrected chi connectivity index (χ3v) is 6.10. The smallest absolute Gasteiger partial charge is 0.313 e. The average molecular weight is 441 g/mol. The van der Waals surface area contributed by atoms with E-state index in [1.54, 1.807) is 29.7 Å². The number of nitrogens with zero attached hydrogens (tertiary/aromatic N) is 3. The fourth-order valence-corrected chi connectivity index (χ4v) is 4.44. The second-order valence-corrected chi connectivity index (χ2v) is 8.32. The number of amides is 2. The molecule has 1 aromatic carbocycles. The minimum atomic E-state index is -0.795. The molecule has 0 unspecified atom stereocenters. The number of piperidine rings is 1. The predicted molar refractivity (Wildman–Crippen MR) is 118 cm³/mol. The van der Waals surface area contributed by atoms with Gasteiger partial charge in [0.15, 0.2) is 0 Å². The fraction of sp³-hybridized carbons (Fsp3) is 0.522. The van der Waals surface area contributed by atoms with Crippen LogP contribution in [0.15, 0.2) is 23.0 Å². The van der Waals surface area contributed by atoms with Crippen molar-refractivity contribution in [2.45, 2.75) is 52.0 Å². The minimum absolute atomic E-state index is 0.123. The summed E-state index contributed by atoms with van der Waals surface area (Å²) in [4.78, 5) is 56.3. The lowest BCUT2D eigenvalue weighted by Gasteiger charge is -2.31. The van der Waals surface area contributed by atoms with Crippen LogP contribution in [0.25, 0.3) is 10.9 Å². The second kappa shape index (κ2) is 9.50. The van der Waals surface area contributed by atoms with E-state index in [1.165, 1.54) is 4.90 Å². The van der Waals surface area contributed by atoms with E-state index in [0.29, 0.717) is 42.5 Å². The van der Waals surface area contributed by atoms with Crippen molar-refractivity contribution < 1.29 is 19.1 Å². The molecule has 1 saturated heterocycles. The molecule has 2 amide bonds. The van der Waals surface area contributed by atoms with Crippen LogP contribution in [-0.2, 0) is 32.1 Å². The van der Waals surface area contributed by atoms with Gasteiger partial charge in [0.2, 0.25) is 0 Å². The van der Waals surface area contributed by atoms with Gasteiger partial charge in [-0.25, -0.2) is 4.98 Å². The van der Waals surface area contributed by atoms with Crippen molar-refractivity contribution in [3.05, 3.63) is 34.4 Å². The van der Waals surface area contributed by atoms with E-state index < -0.39 is 17.7 Å². The van der Waals surface area contributed by atoms with E-state index >= 15 is 0 Å². The van der Waals surface area contributed by atoms with Crippen LogP contribution in [-0.4, -0.2) is 51.9 Å². The summed E-state index contributed by atoms with van der Waals surface area (Å²) in [6.45, 7) is 3.24. The highest BCUT2D eigenvalue weighted by Crippen LogP contribution is 2.20. The third-order valence-electron chi connectivity index (χ3n) is 6.10. The highest BCUT2D eigenvalue weighted by molar-refractivity contribution is 6.39. The maximum absolute atomic E-state index is 13.0. The molecule has 3 heterocycles. The van der Waals surface area contributed by atoms with Gasteiger partial charge in [0.1, 0.15) is 5.82 Å². The maximum atomic E-state index is 13.0. The lowest BCUT2D eigenvalue weighted by molar-refractivity contribution is -0.153. The number of fused-ring (bicyclic) bond motifs is 2. The number of carbonyl (C=O) groups excluding carboxylic acids is 3. The van der Waals surface area contributed by atoms with Gasteiger partial charge in [-0.05, 0) is 50.8 Å². The maximum Gasteiger partial charge on any atom is 0.313 e. The van der Waals surface area contributed by atoms with Crippen LogP contribution in [0.1, 0.15) is 44.9 Å². The number of anilines is 1. The number of aromatic nitrogens is 2. The first kappa shape index (κ1) is 22.0. The van der Waals surface area contributed by atoms with Gasteiger partial charge in [-0.15, -0.1) is 0 Å². The molecule has 0 bridgehead atoms. The summed E-state index contributed by atoms with van der Waals surface area (Å²) in [5.74, 6) is -1.45. The van der Waals surface area contributed by atoms with Crippen molar-refractivity contribution in [1.82, 2.24) is 14.5 Å². The fourth-order valence-electron chi connectivity index (χ4n) is 4.44. The molecular weight excluding hydrogens is 412 g/mol. The molecule has 0 aliphatic carbocycles. The Labute approximate surface area is 185 Å². The molecule has 32 heavy (non-hydrogen) atoms. The molecule has 2 aromatic rings. The van der Waals surface area contributed by atoms with Gasteiger partial charge in [0.25, 0.3) is 5.56 Å². The summed E-state index contributed by atoms with van der Waals surface area (Å²) in [6.07, 6.45) is 5.06. The Morgan fingerprint density at radius 2 is 2.00 bits per heavy atom. The Bertz CT molecular complexity index is 1110. The van der Waals surface area contributed by atoms with Gasteiger partial charge in [-0.3, -0.25) is 23.7 Å². The van der Waals surface area contributed by atoms with Crippen LogP contribution in [0, 0.1) is 5.92 Å². The first-order valence-electron chi connectivity index (χ1n) is 11.3. The summed E-state index contributed by atoms with van der Waals surface area (Å²) in [5.41, 5.74) is 0.825. The highest BCUT2D eigenvalue weighted by Gasteiger charge is 2.32. The molecule has 4 rings (SSSR count). The van der Waals surface area contributed by atoms with Crippen molar-refractivity contribution in [3.8, 4) is 0 Å². The molecule has 1 fully saturated rings. The van der Waals surface area contributed by atoms with Gasteiger partial charge in [-0.2, -0.15) is 0 Å². The van der Waals surface area contributed by atoms with E-state index in [0.717, 1.165) is 31.5 Å². The Morgan fingerprint density at radius 1 is 1.16 bits per heavy atom. The zero-order chi connectivity index (χ0) is 22.7. The number of carbonyl (C=O) groups is 3. The molecule has 2 aliphatic rings. The van der Waals surface area contributed by atoms with Crippen molar-refractivity contribution in [3.63, 3.8) is 0 Å². The van der Waals surface area contributed by atoms with Gasteiger partial charge in [0, 0.05) is 31.7 Å². The molecule has 1 N–H and O–H groups in total. The zero-order valence-corrected chi connectivity index (χ0v) is 18.3. The molecule has 0 spiro atoms. The predicted octanol–water partition coefficient (Wildman–Crippen LogP) is 1.86. The summed E-state index contributed by atoms with van der Waals surface area (Å²) in [7, 11) is 0. The number of esters is 1. The first-order chi connectivity index (χ1) is 15.5. The van der Waals surface area contributed by atoms with Crippen LogP contribution in [0.2, 0.25) is 0 Å². The van der Waals surface area contributed by atoms with Gasteiger partial charge >= 0.3 is 17.8 Å². The standard InChI is InChI=1S/C23H28N4O5/c1-2-32-23(31)15-7-6-11-26(14-15)22(30)20(28)24-16-9-10-18-17(13-16)21(29)27-12-5-3-4-8-19(27)25-18/h9-10,13,15H,2-8,11-12,14H2,1H3,(H,24,28)/t15-/m1/s1. The number of aryl methyl sites for hydroxylation is 1. The summed E-state index contributed by atoms with van der Waals surface area (Å²) >= 11 is 0. The summed E-state index contributed by atoms with van der Waals surface area (Å²) in [6, 6.07) is 4.91. The largest absolute Gasteiger partial charge is 0.466 e. The van der Waals surface area contributed by atoms with Crippen LogP contribution in [0.3, 0.4) is 0 Å². The quantitative estimate of drug-likeness (QED) is 0.576. The van der Waals surface area contributed by atoms with Crippen molar-refractivity contribution in [1.29, 1.82) is 0 Å². The van der Waals surface area contributed by atoms with Gasteiger partial charge in [0.05, 0.1) is 23.4 Å². The van der Waals surface area contributed by atoms with Crippen molar-refractivity contribution >= 4 is 34.4 Å². The molecule has 9 nitrogen and oxygen atoms in total. The Kier molecular flexibility index (Phi) is 6.53. The molecule has 1 atom stereocenters. The highest BCUT2D eigenvalue weighted by atomic mass is 16.5. The molecule has 9 heteroatoms. The number of nitrogens with one attached hydrogen (secondary N) is 1.